The number of benzene rings is 1. The predicted molar refractivity (Wildman–Crippen MR) is 231 cm³/mol. The fourth-order valence-electron chi connectivity index (χ4n) is 10.5. The summed E-state index contributed by atoms with van der Waals surface area (Å²) in [6.45, 7) is 24.6. The zero-order valence-corrected chi connectivity index (χ0v) is 38.7. The van der Waals surface area contributed by atoms with Crippen LogP contribution < -0.4 is 0 Å². The summed E-state index contributed by atoms with van der Waals surface area (Å²) in [5.41, 5.74) is 10.3. The van der Waals surface area contributed by atoms with Gasteiger partial charge in [-0.3, -0.25) is 6.08 Å². The molecule has 7 aliphatic rings. The van der Waals surface area contributed by atoms with Crippen molar-refractivity contribution in [2.75, 3.05) is 0 Å². The van der Waals surface area contributed by atoms with Crippen molar-refractivity contribution in [3.8, 4) is 0 Å². The Kier molecular flexibility index (Phi) is 18.5. The van der Waals surface area contributed by atoms with Gasteiger partial charge >= 0.3 is 28.4 Å². The zero-order chi connectivity index (χ0) is 36.7. The molecule has 52 heavy (non-hydrogen) atoms. The molecule has 0 bridgehead atoms. The molecule has 7 aliphatic carbocycles. The molecule has 0 aliphatic heterocycles. The topological polar surface area (TPSA) is 0 Å². The van der Waals surface area contributed by atoms with E-state index in [0.29, 0.717) is 5.92 Å². The first kappa shape index (κ1) is 47.3. The Hall–Kier alpha value is -0.877. The van der Waals surface area contributed by atoms with Gasteiger partial charge in [-0.1, -0.05) is 165 Å². The van der Waals surface area contributed by atoms with E-state index in [1.54, 1.807) is 28.2 Å². The molecule has 3 fully saturated rings. The van der Waals surface area contributed by atoms with Crippen LogP contribution in [0.25, 0.3) is 5.57 Å². The number of hydrogen-bond donors (Lipinski definition) is 0. The van der Waals surface area contributed by atoms with Crippen LogP contribution in [-0.2, 0) is 30.7 Å². The molecule has 2 unspecified atom stereocenters. The fraction of sp³-hybridized carbons (Fsp3) is 0.592. The number of hydrogen-bond acceptors (Lipinski definition) is 0. The van der Waals surface area contributed by atoms with Gasteiger partial charge in [0.2, 0.25) is 0 Å². The molecule has 290 valence electrons. The fourth-order valence-corrected chi connectivity index (χ4v) is 10.5. The van der Waals surface area contributed by atoms with E-state index in [9.17, 15) is 0 Å². The van der Waals surface area contributed by atoms with Crippen LogP contribution >= 0.6 is 24.8 Å². The molecule has 8 rings (SSSR count). The molecule has 0 spiro atoms. The molecule has 0 heterocycles. The van der Waals surface area contributed by atoms with Crippen molar-refractivity contribution in [3.63, 3.8) is 0 Å². The summed E-state index contributed by atoms with van der Waals surface area (Å²) in [7, 11) is 0. The second-order valence-corrected chi connectivity index (χ2v) is 17.5. The third-order valence-electron chi connectivity index (χ3n) is 15.1. The average molecular weight is 823 g/mol. The van der Waals surface area contributed by atoms with E-state index in [4.69, 9.17) is 0 Å². The second-order valence-electron chi connectivity index (χ2n) is 17.5. The van der Waals surface area contributed by atoms with Crippen molar-refractivity contribution >= 4 is 34.6 Å². The first-order valence-electron chi connectivity index (χ1n) is 20.1. The van der Waals surface area contributed by atoms with E-state index in [1.165, 1.54) is 99.6 Å². The van der Waals surface area contributed by atoms with Gasteiger partial charge in [0.25, 0.3) is 0 Å². The average Bonchev–Trinajstić information content (AvgIpc) is 3.97. The van der Waals surface area contributed by atoms with Crippen LogP contribution in [0.5, 0.6) is 0 Å². The molecule has 1 aromatic rings. The van der Waals surface area contributed by atoms with Crippen molar-refractivity contribution < 1.29 is 24.2 Å². The van der Waals surface area contributed by atoms with Crippen LogP contribution in [0.15, 0.2) is 71.4 Å². The summed E-state index contributed by atoms with van der Waals surface area (Å²) in [6, 6.07) is 9.16. The molecule has 1 aromatic carbocycles. The van der Waals surface area contributed by atoms with Crippen molar-refractivity contribution in [1.82, 2.24) is 0 Å². The van der Waals surface area contributed by atoms with Gasteiger partial charge in [0, 0.05) is 0 Å². The van der Waals surface area contributed by atoms with Crippen molar-refractivity contribution in [3.05, 3.63) is 107 Å². The van der Waals surface area contributed by atoms with Gasteiger partial charge in [-0.15, -0.1) is 38.2 Å². The van der Waals surface area contributed by atoms with E-state index in [0.717, 1.165) is 24.7 Å². The van der Waals surface area contributed by atoms with E-state index in [1.807, 2.05) is 12.2 Å². The Morgan fingerprint density at radius 1 is 0.788 bits per heavy atom. The van der Waals surface area contributed by atoms with Crippen molar-refractivity contribution in [2.45, 2.75) is 146 Å². The van der Waals surface area contributed by atoms with E-state index >= 15 is 0 Å². The van der Waals surface area contributed by atoms with Crippen LogP contribution in [0.2, 0.25) is 0 Å². The number of rotatable bonds is 2. The molecule has 0 amide bonds. The molecule has 2 atom stereocenters. The van der Waals surface area contributed by atoms with Gasteiger partial charge in [-0.05, 0) is 40.6 Å². The number of fused-ring (bicyclic) bond motifs is 6. The van der Waals surface area contributed by atoms with Crippen LogP contribution in [0.4, 0.5) is 0 Å². The van der Waals surface area contributed by atoms with Crippen LogP contribution in [0.1, 0.15) is 151 Å². The molecular weight excluding hydrogens is 751 g/mol. The third kappa shape index (κ3) is 8.89. The molecule has 3 saturated carbocycles. The summed E-state index contributed by atoms with van der Waals surface area (Å²) < 4.78 is 3.34. The standard InChI is InChI=1S/C29H37.2C7H13.C5H5.CH2.2ClH.Zr/c1-18-25-22-17-19-13-9-10-14-20(19)24(22)21-15-11-12-16-23(21)29(25,8)28(6,7)27(4,5)26(18,2)3;2*1-2-7-5-3-4-6-7;1-2-4-5-3-1;;;;/h9-11,13-15,23H,12,16-17H2,1-8H3;2*2,7H,3-6H2,1H3;1-3H,4H2;1H2;2*1H;/q4*-1;;;;. The van der Waals surface area contributed by atoms with Crippen LogP contribution in [-0.4, -0.2) is 4.21 Å². The second kappa shape index (κ2) is 20.3. The van der Waals surface area contributed by atoms with Gasteiger partial charge in [0.05, 0.1) is 0 Å². The normalized spacial score (nSPS) is 26.6. The van der Waals surface area contributed by atoms with Crippen LogP contribution in [0.3, 0.4) is 0 Å². The SMILES string of the molecule is C[C-]1C2=C3Cc4ccccc4C3=C3C=CCCC3C2(C)C(C)(C)C(C)(C)C1(C)C.C[CH-]C1CCCC1.C[CH-]C1CCCC1.Cl.Cl.[C-]1=CC=CC1.[CH2]=[Zr]. The number of halogens is 2. The Morgan fingerprint density at radius 3 is 1.81 bits per heavy atom. The van der Waals surface area contributed by atoms with E-state index < -0.39 is 0 Å². The first-order chi connectivity index (χ1) is 23.8. The summed E-state index contributed by atoms with van der Waals surface area (Å²) >= 11 is 1.30. The quantitative estimate of drug-likeness (QED) is 0.261. The maximum atomic E-state index is 3.34. The molecular formula is C49H72Cl2Zr-4. The Balaban J connectivity index is 0.000000331. The predicted octanol–water partition coefficient (Wildman–Crippen LogP) is 14.9. The minimum atomic E-state index is 0. The Bertz CT molecular complexity index is 1410. The Labute approximate surface area is 349 Å². The summed E-state index contributed by atoms with van der Waals surface area (Å²) in [5, 5.41) is 0. The van der Waals surface area contributed by atoms with Crippen LogP contribution in [0, 0.1) is 64.2 Å². The molecule has 0 N–H and O–H groups in total. The van der Waals surface area contributed by atoms with Gasteiger partial charge < -0.3 is 12.8 Å². The first-order valence-corrected chi connectivity index (χ1v) is 21.8. The van der Waals surface area contributed by atoms with E-state index in [-0.39, 0.29) is 46.5 Å². The van der Waals surface area contributed by atoms with Gasteiger partial charge in [-0.2, -0.15) is 42.9 Å². The van der Waals surface area contributed by atoms with Gasteiger partial charge in [0.15, 0.2) is 0 Å². The van der Waals surface area contributed by atoms with Crippen molar-refractivity contribution in [2.24, 2.45) is 39.4 Å². The van der Waals surface area contributed by atoms with Crippen molar-refractivity contribution in [1.29, 1.82) is 0 Å². The number of allylic oxidation sites excluding steroid dienone is 10. The monoisotopic (exact) mass is 820 g/mol. The molecule has 0 nitrogen and oxygen atoms in total. The zero-order valence-electron chi connectivity index (χ0n) is 34.6. The molecule has 0 saturated heterocycles. The summed E-state index contributed by atoms with van der Waals surface area (Å²) in [6.07, 6.45) is 34.9. The molecule has 0 radical (unpaired) electrons. The summed E-state index contributed by atoms with van der Waals surface area (Å²) in [5.74, 6) is 4.19. The molecule has 3 heteroatoms. The van der Waals surface area contributed by atoms with Gasteiger partial charge in [-0.25, -0.2) is 18.1 Å². The minimum absolute atomic E-state index is 0. The van der Waals surface area contributed by atoms with Gasteiger partial charge in [0.1, 0.15) is 0 Å². The molecule has 0 aromatic heterocycles. The summed E-state index contributed by atoms with van der Waals surface area (Å²) in [4.78, 5) is 0. The third-order valence-corrected chi connectivity index (χ3v) is 15.1. The van der Waals surface area contributed by atoms with E-state index in [2.05, 4.69) is 135 Å². The maximum absolute atomic E-state index is 3.34. The Morgan fingerprint density at radius 2 is 1.35 bits per heavy atom.